The Bertz CT molecular complexity index is 1020. The SMILES string of the molecule is CCOc1cc2c(cc1CNC(=O)C[NH+](C)Cc1nc3ccccc3s1)O[C@H](C)C2. The summed E-state index contributed by atoms with van der Waals surface area (Å²) in [5.41, 5.74) is 3.13. The Kier molecular flexibility index (Phi) is 6.20. The molecule has 30 heavy (non-hydrogen) atoms. The van der Waals surface area contributed by atoms with Crippen molar-refractivity contribution in [1.29, 1.82) is 0 Å². The van der Waals surface area contributed by atoms with Gasteiger partial charge in [-0.3, -0.25) is 4.79 Å². The Morgan fingerprint density at radius 1 is 1.37 bits per heavy atom. The molecule has 1 aromatic heterocycles. The fraction of sp³-hybridized carbons (Fsp3) is 0.391. The van der Waals surface area contributed by atoms with Gasteiger partial charge in [0.2, 0.25) is 0 Å². The van der Waals surface area contributed by atoms with Crippen molar-refractivity contribution in [2.75, 3.05) is 20.2 Å². The van der Waals surface area contributed by atoms with E-state index in [9.17, 15) is 4.79 Å². The number of carbonyl (C=O) groups excluding carboxylic acids is 1. The third-order valence-corrected chi connectivity index (χ3v) is 6.14. The molecule has 1 unspecified atom stereocenters. The maximum absolute atomic E-state index is 12.5. The van der Waals surface area contributed by atoms with Crippen LogP contribution in [0.4, 0.5) is 0 Å². The number of amides is 1. The summed E-state index contributed by atoms with van der Waals surface area (Å²) < 4.78 is 12.8. The summed E-state index contributed by atoms with van der Waals surface area (Å²) in [6, 6.07) is 12.2. The zero-order valence-electron chi connectivity index (χ0n) is 17.7. The minimum Gasteiger partial charge on any atom is -0.494 e. The molecule has 0 radical (unpaired) electrons. The van der Waals surface area contributed by atoms with Crippen LogP contribution in [0.2, 0.25) is 0 Å². The van der Waals surface area contributed by atoms with Crippen molar-refractivity contribution in [1.82, 2.24) is 10.3 Å². The Morgan fingerprint density at radius 2 is 2.20 bits per heavy atom. The lowest BCUT2D eigenvalue weighted by atomic mass is 10.1. The zero-order valence-corrected chi connectivity index (χ0v) is 18.5. The molecule has 7 heteroatoms. The monoisotopic (exact) mass is 426 g/mol. The number of thiazole rings is 1. The number of ether oxygens (including phenoxy) is 2. The van der Waals surface area contributed by atoms with E-state index in [4.69, 9.17) is 9.47 Å². The summed E-state index contributed by atoms with van der Waals surface area (Å²) in [5, 5.41) is 4.08. The molecule has 3 aromatic rings. The summed E-state index contributed by atoms with van der Waals surface area (Å²) >= 11 is 1.69. The largest absolute Gasteiger partial charge is 0.494 e. The fourth-order valence-electron chi connectivity index (χ4n) is 3.76. The predicted molar refractivity (Wildman–Crippen MR) is 118 cm³/mol. The van der Waals surface area contributed by atoms with Crippen LogP contribution in [0.5, 0.6) is 11.5 Å². The van der Waals surface area contributed by atoms with E-state index < -0.39 is 0 Å². The van der Waals surface area contributed by atoms with Gasteiger partial charge < -0.3 is 19.7 Å². The molecule has 158 valence electrons. The van der Waals surface area contributed by atoms with Crippen molar-refractivity contribution in [2.45, 2.75) is 39.5 Å². The maximum Gasteiger partial charge on any atom is 0.275 e. The molecule has 2 heterocycles. The Morgan fingerprint density at radius 3 is 3.00 bits per heavy atom. The highest BCUT2D eigenvalue weighted by molar-refractivity contribution is 7.18. The van der Waals surface area contributed by atoms with Crippen molar-refractivity contribution in [3.63, 3.8) is 0 Å². The van der Waals surface area contributed by atoms with E-state index in [1.54, 1.807) is 11.3 Å². The van der Waals surface area contributed by atoms with Crippen LogP contribution < -0.4 is 19.7 Å². The van der Waals surface area contributed by atoms with Gasteiger partial charge in [-0.25, -0.2) is 4.98 Å². The molecule has 1 aliphatic rings. The molecule has 6 nitrogen and oxygen atoms in total. The summed E-state index contributed by atoms with van der Waals surface area (Å²) in [4.78, 5) is 18.3. The lowest BCUT2D eigenvalue weighted by Gasteiger charge is -2.15. The number of nitrogens with one attached hydrogen (secondary N) is 2. The van der Waals surface area contributed by atoms with Crippen LogP contribution in [0, 0.1) is 0 Å². The number of fused-ring (bicyclic) bond motifs is 2. The van der Waals surface area contributed by atoms with Crippen molar-refractivity contribution in [2.24, 2.45) is 0 Å². The van der Waals surface area contributed by atoms with E-state index in [1.165, 1.54) is 10.3 Å². The summed E-state index contributed by atoms with van der Waals surface area (Å²) in [6.45, 7) is 6.15. The first-order chi connectivity index (χ1) is 14.5. The average molecular weight is 427 g/mol. The minimum atomic E-state index is 0.00541. The third-order valence-electron chi connectivity index (χ3n) is 5.11. The van der Waals surface area contributed by atoms with Gasteiger partial charge in [0.15, 0.2) is 6.54 Å². The summed E-state index contributed by atoms with van der Waals surface area (Å²) in [6.07, 6.45) is 1.07. The molecule has 1 aliphatic heterocycles. The van der Waals surface area contributed by atoms with Crippen LogP contribution in [0.1, 0.15) is 30.0 Å². The molecule has 0 saturated carbocycles. The number of aromatic nitrogens is 1. The van der Waals surface area contributed by atoms with Crippen LogP contribution in [0.25, 0.3) is 10.2 Å². The average Bonchev–Trinajstić information content (AvgIpc) is 3.27. The summed E-state index contributed by atoms with van der Waals surface area (Å²) in [5.74, 6) is 1.73. The number of likely N-dealkylation sites (N-methyl/N-ethyl adjacent to an activating group) is 1. The molecule has 0 bridgehead atoms. The molecule has 4 rings (SSSR count). The number of carbonyl (C=O) groups is 1. The Labute approximate surface area is 180 Å². The van der Waals surface area contributed by atoms with Crippen LogP contribution in [0.3, 0.4) is 0 Å². The van der Waals surface area contributed by atoms with Crippen LogP contribution in [0.15, 0.2) is 36.4 Å². The van der Waals surface area contributed by atoms with Gasteiger partial charge >= 0.3 is 0 Å². The first kappa shape index (κ1) is 20.6. The van der Waals surface area contributed by atoms with E-state index in [1.807, 2.05) is 44.3 Å². The van der Waals surface area contributed by atoms with Gasteiger partial charge in [0.05, 0.1) is 23.9 Å². The van der Waals surface area contributed by atoms with Crippen molar-refractivity contribution >= 4 is 27.5 Å². The minimum absolute atomic E-state index is 0.00541. The molecule has 0 saturated heterocycles. The highest BCUT2D eigenvalue weighted by Crippen LogP contribution is 2.35. The molecule has 1 amide bonds. The van der Waals surface area contributed by atoms with E-state index >= 15 is 0 Å². The van der Waals surface area contributed by atoms with Crippen molar-refractivity contribution < 1.29 is 19.2 Å². The number of benzene rings is 2. The lowest BCUT2D eigenvalue weighted by molar-refractivity contribution is -0.885. The second-order valence-corrected chi connectivity index (χ2v) is 8.91. The first-order valence-electron chi connectivity index (χ1n) is 10.4. The van der Waals surface area contributed by atoms with Gasteiger partial charge in [-0.05, 0) is 38.1 Å². The van der Waals surface area contributed by atoms with Gasteiger partial charge in [0.25, 0.3) is 5.91 Å². The Hall–Kier alpha value is -2.64. The fourth-order valence-corrected chi connectivity index (χ4v) is 4.84. The maximum atomic E-state index is 12.5. The number of hydrogen-bond acceptors (Lipinski definition) is 5. The van der Waals surface area contributed by atoms with Crippen molar-refractivity contribution in [3.8, 4) is 11.5 Å². The smallest absolute Gasteiger partial charge is 0.275 e. The normalized spacial score (nSPS) is 16.2. The van der Waals surface area contributed by atoms with Crippen LogP contribution >= 0.6 is 11.3 Å². The second-order valence-electron chi connectivity index (χ2n) is 7.80. The first-order valence-corrected chi connectivity index (χ1v) is 11.2. The highest BCUT2D eigenvalue weighted by atomic mass is 32.1. The standard InChI is InChI=1S/C23H27N3O3S/c1-4-28-19-10-16-9-15(2)29-20(16)11-17(19)12-24-22(27)13-26(3)14-23-25-18-7-5-6-8-21(18)30-23/h5-8,10-11,15H,4,9,12-14H2,1-3H3,(H,24,27)/p+1/t15-/m1/s1. The number of hydrogen-bond donors (Lipinski definition) is 2. The number of nitrogens with zero attached hydrogens (tertiary/aromatic N) is 1. The lowest BCUT2D eigenvalue weighted by Crippen LogP contribution is -3.08. The molecule has 0 spiro atoms. The molecule has 0 fully saturated rings. The van der Waals surface area contributed by atoms with E-state index in [0.29, 0.717) is 19.7 Å². The van der Waals surface area contributed by atoms with Crippen LogP contribution in [-0.2, 0) is 24.3 Å². The van der Waals surface area contributed by atoms with Gasteiger partial charge in [0, 0.05) is 24.1 Å². The van der Waals surface area contributed by atoms with Gasteiger partial charge in [-0.1, -0.05) is 12.1 Å². The second kappa shape index (κ2) is 9.02. The molecule has 2 atom stereocenters. The van der Waals surface area contributed by atoms with Crippen LogP contribution in [-0.4, -0.2) is 37.2 Å². The highest BCUT2D eigenvalue weighted by Gasteiger charge is 2.22. The summed E-state index contributed by atoms with van der Waals surface area (Å²) in [7, 11) is 2.02. The molecule has 0 aliphatic carbocycles. The number of para-hydroxylation sites is 1. The molecular weight excluding hydrogens is 398 g/mol. The number of quaternary nitrogens is 1. The Balaban J connectivity index is 1.34. The van der Waals surface area contributed by atoms with Gasteiger partial charge in [-0.15, -0.1) is 11.3 Å². The molecule has 2 N–H and O–H groups in total. The van der Waals surface area contributed by atoms with Gasteiger partial charge in [0.1, 0.15) is 29.2 Å². The van der Waals surface area contributed by atoms with E-state index in [-0.39, 0.29) is 12.0 Å². The van der Waals surface area contributed by atoms with Crippen molar-refractivity contribution in [3.05, 3.63) is 52.5 Å². The predicted octanol–water partition coefficient (Wildman–Crippen LogP) is 2.35. The topological polar surface area (TPSA) is 64.9 Å². The number of rotatable bonds is 8. The quantitative estimate of drug-likeness (QED) is 0.580. The zero-order chi connectivity index (χ0) is 21.1. The van der Waals surface area contributed by atoms with Gasteiger partial charge in [-0.2, -0.15) is 0 Å². The third kappa shape index (κ3) is 4.74. The van der Waals surface area contributed by atoms with E-state index in [0.717, 1.165) is 45.5 Å². The molecule has 2 aromatic carbocycles. The molecular formula is C23H28N3O3S+. The van der Waals surface area contributed by atoms with E-state index in [2.05, 4.69) is 23.3 Å².